The van der Waals surface area contributed by atoms with Crippen molar-refractivity contribution in [3.8, 4) is 18.0 Å². The number of fused-ring (bicyclic) bond motifs is 2. The lowest BCUT2D eigenvalue weighted by atomic mass is 10.0. The molecule has 206 valence electrons. The molecule has 1 saturated carbocycles. The number of amides is 1. The molecule has 1 atom stereocenters. The molecule has 0 unspecified atom stereocenters. The molecule has 11 nitrogen and oxygen atoms in total. The zero-order valence-corrected chi connectivity index (χ0v) is 22.7. The highest BCUT2D eigenvalue weighted by Gasteiger charge is 2.30. The number of aromatic nitrogens is 4. The molecular formula is C29H25N7O4S. The molecule has 0 aliphatic heterocycles. The third-order valence-corrected chi connectivity index (χ3v) is 7.89. The van der Waals surface area contributed by atoms with Crippen molar-refractivity contribution in [3.63, 3.8) is 0 Å². The molecule has 5 aromatic rings. The van der Waals surface area contributed by atoms with E-state index in [9.17, 15) is 18.0 Å². The second kappa shape index (κ2) is 10.2. The summed E-state index contributed by atoms with van der Waals surface area (Å²) in [7, 11) is -3.98. The fourth-order valence-corrected chi connectivity index (χ4v) is 5.88. The van der Waals surface area contributed by atoms with Gasteiger partial charge in [-0.05, 0) is 55.5 Å². The van der Waals surface area contributed by atoms with E-state index in [1.807, 2.05) is 24.3 Å². The average Bonchev–Trinajstić information content (AvgIpc) is 3.69. The summed E-state index contributed by atoms with van der Waals surface area (Å²) in [5.41, 5.74) is 1.35. The molecule has 1 aliphatic carbocycles. The largest absolute Gasteiger partial charge is 0.344 e. The number of para-hydroxylation sites is 1. The van der Waals surface area contributed by atoms with Gasteiger partial charge in [0.1, 0.15) is 5.56 Å². The van der Waals surface area contributed by atoms with Gasteiger partial charge in [-0.15, -0.1) is 11.5 Å². The Balaban J connectivity index is 1.43. The Kier molecular flexibility index (Phi) is 6.53. The molecule has 3 heterocycles. The smallest absolute Gasteiger partial charge is 0.300 e. The summed E-state index contributed by atoms with van der Waals surface area (Å²) in [5.74, 6) is 1.79. The van der Waals surface area contributed by atoms with Crippen LogP contribution in [0.1, 0.15) is 47.4 Å². The van der Waals surface area contributed by atoms with Crippen molar-refractivity contribution in [1.29, 1.82) is 0 Å². The second-order valence-corrected chi connectivity index (χ2v) is 11.2. The molecular weight excluding hydrogens is 542 g/mol. The zero-order chi connectivity index (χ0) is 28.7. The van der Waals surface area contributed by atoms with E-state index in [0.717, 1.165) is 12.8 Å². The van der Waals surface area contributed by atoms with Crippen molar-refractivity contribution in [3.05, 3.63) is 100 Å². The van der Waals surface area contributed by atoms with Gasteiger partial charge in [-0.2, -0.15) is 13.1 Å². The molecule has 6 rings (SSSR count). The van der Waals surface area contributed by atoms with E-state index in [1.165, 1.54) is 15.3 Å². The first-order valence-electron chi connectivity index (χ1n) is 12.9. The van der Waals surface area contributed by atoms with Gasteiger partial charge in [-0.3, -0.25) is 18.9 Å². The van der Waals surface area contributed by atoms with Gasteiger partial charge in [-0.25, -0.2) is 9.50 Å². The number of benzene rings is 2. The van der Waals surface area contributed by atoms with Gasteiger partial charge in [-0.1, -0.05) is 36.3 Å². The number of rotatable bonds is 8. The van der Waals surface area contributed by atoms with Crippen LogP contribution in [0.5, 0.6) is 0 Å². The van der Waals surface area contributed by atoms with Crippen molar-refractivity contribution in [1.82, 2.24) is 29.2 Å². The van der Waals surface area contributed by atoms with Crippen LogP contribution >= 0.6 is 0 Å². The van der Waals surface area contributed by atoms with Gasteiger partial charge in [0, 0.05) is 35.4 Å². The quantitative estimate of drug-likeness (QED) is 0.247. The number of carbonyl (C=O) groups excluding carboxylic acids is 1. The lowest BCUT2D eigenvalue weighted by molar-refractivity contribution is 0.0941. The molecule has 3 N–H and O–H groups in total. The van der Waals surface area contributed by atoms with E-state index in [0.29, 0.717) is 27.7 Å². The summed E-state index contributed by atoms with van der Waals surface area (Å²) in [5, 5.41) is 8.19. The van der Waals surface area contributed by atoms with Crippen LogP contribution in [0.4, 0.5) is 5.82 Å². The maximum atomic E-state index is 13.9. The van der Waals surface area contributed by atoms with E-state index in [-0.39, 0.29) is 28.6 Å². The molecule has 0 saturated heterocycles. The number of carbonyl (C=O) groups is 1. The Morgan fingerprint density at radius 3 is 2.63 bits per heavy atom. The molecule has 1 fully saturated rings. The van der Waals surface area contributed by atoms with Crippen LogP contribution in [0.3, 0.4) is 0 Å². The summed E-state index contributed by atoms with van der Waals surface area (Å²) in [6.07, 6.45) is 10.2. The maximum Gasteiger partial charge on any atom is 0.300 e. The Bertz CT molecular complexity index is 2020. The lowest BCUT2D eigenvalue weighted by Crippen LogP contribution is -2.34. The van der Waals surface area contributed by atoms with Crippen molar-refractivity contribution in [2.75, 3.05) is 4.72 Å². The van der Waals surface area contributed by atoms with Crippen LogP contribution in [0.15, 0.2) is 77.9 Å². The SMILES string of the molecule is C#Cc1cccc2cc([C@H](C)NC(=O)c3c(NS(=O)(=O)NC4CC4)nn4cccnc34)n(-c3ccccc3)c(=O)c12. The summed E-state index contributed by atoms with van der Waals surface area (Å²) < 4.78 is 33.1. The minimum absolute atomic E-state index is 0.0531. The third-order valence-electron chi connectivity index (χ3n) is 6.79. The first kappa shape index (κ1) is 26.2. The lowest BCUT2D eigenvalue weighted by Gasteiger charge is -2.21. The van der Waals surface area contributed by atoms with Crippen LogP contribution in [0.25, 0.3) is 22.1 Å². The summed E-state index contributed by atoms with van der Waals surface area (Å²) in [4.78, 5) is 31.9. The fourth-order valence-electron chi connectivity index (χ4n) is 4.75. The molecule has 12 heteroatoms. The van der Waals surface area contributed by atoms with E-state index in [2.05, 4.69) is 30.8 Å². The number of hydrogen-bond acceptors (Lipinski definition) is 6. The average molecular weight is 568 g/mol. The van der Waals surface area contributed by atoms with E-state index in [4.69, 9.17) is 6.42 Å². The van der Waals surface area contributed by atoms with Crippen LogP contribution in [0.2, 0.25) is 0 Å². The van der Waals surface area contributed by atoms with Crippen LogP contribution in [-0.4, -0.2) is 39.5 Å². The number of pyridine rings is 1. The number of hydrogen-bond donors (Lipinski definition) is 3. The predicted molar refractivity (Wildman–Crippen MR) is 155 cm³/mol. The Morgan fingerprint density at radius 1 is 1.12 bits per heavy atom. The van der Waals surface area contributed by atoms with Gasteiger partial charge in [0.2, 0.25) is 0 Å². The zero-order valence-electron chi connectivity index (χ0n) is 21.9. The van der Waals surface area contributed by atoms with Crippen molar-refractivity contribution in [2.45, 2.75) is 31.8 Å². The highest BCUT2D eigenvalue weighted by molar-refractivity contribution is 7.90. The van der Waals surface area contributed by atoms with Gasteiger partial charge in [0.05, 0.1) is 11.4 Å². The number of nitrogens with zero attached hydrogens (tertiary/aromatic N) is 4. The minimum Gasteiger partial charge on any atom is -0.344 e. The predicted octanol–water partition coefficient (Wildman–Crippen LogP) is 2.91. The van der Waals surface area contributed by atoms with Gasteiger partial charge < -0.3 is 5.32 Å². The monoisotopic (exact) mass is 567 g/mol. The molecule has 0 bridgehead atoms. The van der Waals surface area contributed by atoms with Gasteiger partial charge in [0.15, 0.2) is 11.5 Å². The summed E-state index contributed by atoms with van der Waals surface area (Å²) >= 11 is 0. The highest BCUT2D eigenvalue weighted by atomic mass is 32.2. The molecule has 2 aromatic carbocycles. The van der Waals surface area contributed by atoms with Crippen molar-refractivity contribution >= 4 is 38.4 Å². The van der Waals surface area contributed by atoms with E-state index in [1.54, 1.807) is 49.5 Å². The van der Waals surface area contributed by atoms with Crippen LogP contribution in [0, 0.1) is 12.3 Å². The standard InChI is InChI=1S/C29H25N7O4S/c1-3-19-9-7-10-20-17-23(36(29(38)24(19)20)22-11-5-4-6-12-22)18(2)31-28(37)25-26(32-35-16-8-15-30-27(25)35)34-41(39,40)33-21-13-14-21/h1,4-12,15-18,21,33H,13-14H2,2H3,(H,31,37)(H,32,34)/t18-/m0/s1. The Labute approximate surface area is 235 Å². The molecule has 41 heavy (non-hydrogen) atoms. The first-order chi connectivity index (χ1) is 19.8. The Hall–Kier alpha value is -4.99. The number of nitrogens with one attached hydrogen (secondary N) is 3. The van der Waals surface area contributed by atoms with Crippen LogP contribution in [-0.2, 0) is 10.2 Å². The normalized spacial score (nSPS) is 14.0. The topological polar surface area (TPSA) is 139 Å². The molecule has 0 radical (unpaired) electrons. The van der Waals surface area contributed by atoms with Gasteiger partial charge in [0.25, 0.3) is 11.5 Å². The highest BCUT2D eigenvalue weighted by Crippen LogP contribution is 2.26. The molecule has 0 spiro atoms. The second-order valence-electron chi connectivity index (χ2n) is 9.76. The van der Waals surface area contributed by atoms with Crippen molar-refractivity contribution in [2.24, 2.45) is 0 Å². The molecule has 1 amide bonds. The summed E-state index contributed by atoms with van der Waals surface area (Å²) in [6.45, 7) is 1.74. The number of anilines is 1. The van der Waals surface area contributed by atoms with Crippen LogP contribution < -0.4 is 20.3 Å². The molecule has 1 aliphatic rings. The number of terminal acetylenes is 1. The first-order valence-corrected chi connectivity index (χ1v) is 14.4. The molecule has 3 aromatic heterocycles. The van der Waals surface area contributed by atoms with E-state index < -0.39 is 22.2 Å². The van der Waals surface area contributed by atoms with E-state index >= 15 is 0 Å². The van der Waals surface area contributed by atoms with Gasteiger partial charge >= 0.3 is 10.2 Å². The fraction of sp³-hybridized carbons (Fsp3) is 0.172. The maximum absolute atomic E-state index is 13.9. The van der Waals surface area contributed by atoms with Crippen molar-refractivity contribution < 1.29 is 13.2 Å². The third kappa shape index (κ3) is 5.04. The Morgan fingerprint density at radius 2 is 1.90 bits per heavy atom. The summed E-state index contributed by atoms with van der Waals surface area (Å²) in [6, 6.07) is 16.9. The minimum atomic E-state index is -3.98.